The third-order valence-electron chi connectivity index (χ3n) is 5.80. The number of carbonyl (C=O) groups is 1. The largest absolute Gasteiger partial charge is 0.372 e. The summed E-state index contributed by atoms with van der Waals surface area (Å²) in [6, 6.07) is 16.3. The summed E-state index contributed by atoms with van der Waals surface area (Å²) in [7, 11) is 0. The predicted octanol–water partition coefficient (Wildman–Crippen LogP) is 3.46. The van der Waals surface area contributed by atoms with Gasteiger partial charge in [0.05, 0.1) is 18.8 Å². The number of amides is 1. The maximum absolute atomic E-state index is 12.9. The number of carbonyl (C=O) groups excluding carboxylic acids is 1. The van der Waals surface area contributed by atoms with Gasteiger partial charge in [-0.3, -0.25) is 4.79 Å². The van der Waals surface area contributed by atoms with Gasteiger partial charge in [0.15, 0.2) is 5.96 Å². The average Bonchev–Trinajstić information content (AvgIpc) is 3.20. The molecule has 2 aliphatic heterocycles. The molecule has 6 nitrogen and oxygen atoms in total. The first-order chi connectivity index (χ1) is 15.0. The average molecular weight is 421 g/mol. The van der Waals surface area contributed by atoms with E-state index in [4.69, 9.17) is 9.73 Å². The summed E-state index contributed by atoms with van der Waals surface area (Å²) in [5, 5.41) is 3.42. The van der Waals surface area contributed by atoms with Gasteiger partial charge < -0.3 is 19.9 Å². The Balaban J connectivity index is 1.44. The summed E-state index contributed by atoms with van der Waals surface area (Å²) < 4.78 is 5.74. The Kier molecular flexibility index (Phi) is 6.56. The molecule has 2 aliphatic rings. The van der Waals surface area contributed by atoms with Crippen LogP contribution in [-0.4, -0.2) is 55.2 Å². The molecule has 1 saturated heterocycles. The van der Waals surface area contributed by atoms with E-state index in [1.807, 2.05) is 43.0 Å². The van der Waals surface area contributed by atoms with E-state index in [-0.39, 0.29) is 18.1 Å². The standard InChI is InChI=1S/C25H32N4O2/c1-4-26-25(29-14-13-21-7-5-6-8-23(21)29)27-15-20-9-11-22(12-10-20)24(30)28-16-18(2)31-19(3)17-28/h5-12,18-19H,4,13-17H2,1-3H3,(H,26,27). The van der Waals surface area contributed by atoms with Crippen LogP contribution in [0.2, 0.25) is 0 Å². The number of para-hydroxylation sites is 1. The molecule has 1 N–H and O–H groups in total. The maximum atomic E-state index is 12.9. The minimum atomic E-state index is 0.0686. The molecule has 4 rings (SSSR count). The number of morpholine rings is 1. The van der Waals surface area contributed by atoms with Crippen molar-refractivity contribution in [1.82, 2.24) is 10.2 Å². The summed E-state index contributed by atoms with van der Waals surface area (Å²) in [4.78, 5) is 21.9. The first kappa shape index (κ1) is 21.4. The lowest BCUT2D eigenvalue weighted by Crippen LogP contribution is -2.48. The molecule has 2 heterocycles. The fourth-order valence-corrected chi connectivity index (χ4v) is 4.40. The molecular weight excluding hydrogens is 388 g/mol. The second-order valence-electron chi connectivity index (χ2n) is 8.36. The van der Waals surface area contributed by atoms with E-state index in [1.165, 1.54) is 11.3 Å². The van der Waals surface area contributed by atoms with Gasteiger partial charge in [0.1, 0.15) is 0 Å². The first-order valence-corrected chi connectivity index (χ1v) is 11.2. The highest BCUT2D eigenvalue weighted by Gasteiger charge is 2.26. The summed E-state index contributed by atoms with van der Waals surface area (Å²) in [5.74, 6) is 0.975. The van der Waals surface area contributed by atoms with Crippen molar-refractivity contribution in [2.45, 2.75) is 45.9 Å². The number of nitrogens with zero attached hydrogens (tertiary/aromatic N) is 3. The number of ether oxygens (including phenoxy) is 1. The lowest BCUT2D eigenvalue weighted by atomic mass is 10.1. The Morgan fingerprint density at radius 1 is 1.10 bits per heavy atom. The second kappa shape index (κ2) is 9.52. The number of hydrogen-bond acceptors (Lipinski definition) is 3. The van der Waals surface area contributed by atoms with Gasteiger partial charge in [0, 0.05) is 37.4 Å². The number of fused-ring (bicyclic) bond motifs is 1. The highest BCUT2D eigenvalue weighted by molar-refractivity contribution is 5.98. The van der Waals surface area contributed by atoms with E-state index in [1.54, 1.807) is 0 Å². The van der Waals surface area contributed by atoms with Crippen LogP contribution in [-0.2, 0) is 17.7 Å². The number of nitrogens with one attached hydrogen (secondary N) is 1. The Bertz CT molecular complexity index is 931. The topological polar surface area (TPSA) is 57.2 Å². The zero-order valence-electron chi connectivity index (χ0n) is 18.7. The highest BCUT2D eigenvalue weighted by atomic mass is 16.5. The maximum Gasteiger partial charge on any atom is 0.254 e. The number of benzene rings is 2. The molecule has 0 spiro atoms. The SMILES string of the molecule is CCNC(=NCc1ccc(C(=O)N2CC(C)OC(C)C2)cc1)N1CCc2ccccc21. The molecule has 164 valence electrons. The zero-order valence-corrected chi connectivity index (χ0v) is 18.7. The number of hydrogen-bond donors (Lipinski definition) is 1. The van der Waals surface area contributed by atoms with Gasteiger partial charge >= 0.3 is 0 Å². The van der Waals surface area contributed by atoms with E-state index in [9.17, 15) is 4.79 Å². The molecule has 31 heavy (non-hydrogen) atoms. The molecule has 0 saturated carbocycles. The molecule has 2 atom stereocenters. The summed E-state index contributed by atoms with van der Waals surface area (Å²) in [5.41, 5.74) is 4.40. The van der Waals surface area contributed by atoms with Gasteiger partial charge in [0.2, 0.25) is 0 Å². The van der Waals surface area contributed by atoms with Gasteiger partial charge in [-0.2, -0.15) is 0 Å². The normalized spacial score (nSPS) is 21.2. The number of guanidine groups is 1. The van der Waals surface area contributed by atoms with Crippen LogP contribution in [0.15, 0.2) is 53.5 Å². The summed E-state index contributed by atoms with van der Waals surface area (Å²) >= 11 is 0. The Morgan fingerprint density at radius 2 is 1.81 bits per heavy atom. The van der Waals surface area contributed by atoms with Crippen LogP contribution in [0.3, 0.4) is 0 Å². The van der Waals surface area contributed by atoms with Crippen molar-refractivity contribution >= 4 is 17.6 Å². The van der Waals surface area contributed by atoms with Crippen LogP contribution in [0.4, 0.5) is 5.69 Å². The Labute approximate surface area is 184 Å². The zero-order chi connectivity index (χ0) is 21.8. The summed E-state index contributed by atoms with van der Waals surface area (Å²) in [6.07, 6.45) is 1.18. The van der Waals surface area contributed by atoms with Crippen LogP contribution in [0.25, 0.3) is 0 Å². The van der Waals surface area contributed by atoms with Crippen LogP contribution >= 0.6 is 0 Å². The first-order valence-electron chi connectivity index (χ1n) is 11.2. The van der Waals surface area contributed by atoms with E-state index in [0.717, 1.165) is 36.6 Å². The van der Waals surface area contributed by atoms with Crippen molar-refractivity contribution in [1.29, 1.82) is 0 Å². The molecule has 0 aliphatic carbocycles. The predicted molar refractivity (Wildman–Crippen MR) is 125 cm³/mol. The van der Waals surface area contributed by atoms with Gasteiger partial charge in [-0.25, -0.2) is 4.99 Å². The van der Waals surface area contributed by atoms with E-state index in [0.29, 0.717) is 19.6 Å². The molecule has 1 amide bonds. The van der Waals surface area contributed by atoms with E-state index in [2.05, 4.69) is 41.4 Å². The molecular formula is C25H32N4O2. The summed E-state index contributed by atoms with van der Waals surface area (Å²) in [6.45, 7) is 9.72. The second-order valence-corrected chi connectivity index (χ2v) is 8.36. The molecule has 2 aromatic carbocycles. The monoisotopic (exact) mass is 420 g/mol. The van der Waals surface area contributed by atoms with Gasteiger partial charge in [-0.1, -0.05) is 30.3 Å². The van der Waals surface area contributed by atoms with Crippen molar-refractivity contribution in [3.8, 4) is 0 Å². The van der Waals surface area contributed by atoms with Gasteiger partial charge in [0.25, 0.3) is 5.91 Å². The molecule has 2 unspecified atom stereocenters. The molecule has 1 fully saturated rings. The van der Waals surface area contributed by atoms with Crippen molar-refractivity contribution in [2.75, 3.05) is 31.1 Å². The molecule has 2 aromatic rings. The minimum Gasteiger partial charge on any atom is -0.372 e. The smallest absolute Gasteiger partial charge is 0.254 e. The van der Waals surface area contributed by atoms with Crippen molar-refractivity contribution in [2.24, 2.45) is 4.99 Å². The third-order valence-corrected chi connectivity index (χ3v) is 5.80. The molecule has 0 bridgehead atoms. The van der Waals surface area contributed by atoms with Crippen LogP contribution in [0.5, 0.6) is 0 Å². The van der Waals surface area contributed by atoms with Crippen molar-refractivity contribution < 1.29 is 9.53 Å². The van der Waals surface area contributed by atoms with Crippen molar-refractivity contribution in [3.63, 3.8) is 0 Å². The Hall–Kier alpha value is -2.86. The van der Waals surface area contributed by atoms with Crippen LogP contribution < -0.4 is 10.2 Å². The van der Waals surface area contributed by atoms with Crippen molar-refractivity contribution in [3.05, 3.63) is 65.2 Å². The third kappa shape index (κ3) is 4.90. The van der Waals surface area contributed by atoms with Gasteiger partial charge in [-0.15, -0.1) is 0 Å². The molecule has 0 radical (unpaired) electrons. The quantitative estimate of drug-likeness (QED) is 0.608. The number of aliphatic imine (C=N–C) groups is 1. The lowest BCUT2D eigenvalue weighted by molar-refractivity contribution is -0.0586. The fraction of sp³-hybridized carbons (Fsp3) is 0.440. The highest BCUT2D eigenvalue weighted by Crippen LogP contribution is 2.27. The Morgan fingerprint density at radius 3 is 2.52 bits per heavy atom. The molecule has 0 aromatic heterocycles. The number of rotatable bonds is 4. The van der Waals surface area contributed by atoms with Gasteiger partial charge in [-0.05, 0) is 56.5 Å². The number of anilines is 1. The van der Waals surface area contributed by atoms with Crippen LogP contribution in [0.1, 0.15) is 42.3 Å². The van der Waals surface area contributed by atoms with E-state index >= 15 is 0 Å². The lowest BCUT2D eigenvalue weighted by Gasteiger charge is -2.35. The fourth-order valence-electron chi connectivity index (χ4n) is 4.40. The molecule has 6 heteroatoms. The minimum absolute atomic E-state index is 0.0686. The van der Waals surface area contributed by atoms with E-state index < -0.39 is 0 Å². The van der Waals surface area contributed by atoms with Crippen LogP contribution in [0, 0.1) is 0 Å².